The number of hydrogen-bond donors (Lipinski definition) is 1. The van der Waals surface area contributed by atoms with Gasteiger partial charge in [-0.3, -0.25) is 9.71 Å². The number of ether oxygens (including phenoxy) is 2. The first-order valence-electron chi connectivity index (χ1n) is 11.5. The fourth-order valence-electron chi connectivity index (χ4n) is 3.61. The van der Waals surface area contributed by atoms with Crippen molar-refractivity contribution in [1.82, 2.24) is 19.7 Å². The van der Waals surface area contributed by atoms with Gasteiger partial charge in [0.2, 0.25) is 5.88 Å². The molecular formula is C24H29N5O4S. The fourth-order valence-corrected chi connectivity index (χ4v) is 4.88. The van der Waals surface area contributed by atoms with Crippen molar-refractivity contribution in [2.45, 2.75) is 51.6 Å². The number of nitrogens with one attached hydrogen (secondary N) is 1. The fraction of sp³-hybridized carbons (Fsp3) is 0.417. The molecule has 10 heteroatoms. The average molecular weight is 484 g/mol. The number of pyridine rings is 1. The maximum Gasteiger partial charge on any atom is 0.261 e. The number of rotatable bonds is 9. The zero-order valence-electron chi connectivity index (χ0n) is 19.2. The average Bonchev–Trinajstić information content (AvgIpc) is 2.87. The van der Waals surface area contributed by atoms with Gasteiger partial charge in [0.05, 0.1) is 23.6 Å². The molecular weight excluding hydrogens is 454 g/mol. The van der Waals surface area contributed by atoms with Gasteiger partial charge in [-0.1, -0.05) is 19.1 Å². The van der Waals surface area contributed by atoms with Crippen LogP contribution in [0.15, 0.2) is 58.5 Å². The van der Waals surface area contributed by atoms with Gasteiger partial charge in [-0.05, 0) is 37.5 Å². The molecule has 0 unspecified atom stereocenters. The van der Waals surface area contributed by atoms with Crippen LogP contribution in [0.4, 0.5) is 0 Å². The highest BCUT2D eigenvalue weighted by Gasteiger charge is 2.19. The molecule has 180 valence electrons. The Kier molecular flexibility index (Phi) is 8.02. The lowest BCUT2D eigenvalue weighted by molar-refractivity contribution is 0.0243. The lowest BCUT2D eigenvalue weighted by atomic mass is 10.1. The maximum atomic E-state index is 12.5. The molecule has 1 N–H and O–H groups in total. The zero-order valence-corrected chi connectivity index (χ0v) is 20.0. The van der Waals surface area contributed by atoms with Crippen molar-refractivity contribution in [2.75, 3.05) is 13.2 Å². The van der Waals surface area contributed by atoms with Crippen LogP contribution < -0.4 is 9.46 Å². The van der Waals surface area contributed by atoms with Gasteiger partial charge >= 0.3 is 0 Å². The molecule has 0 radical (unpaired) electrons. The van der Waals surface area contributed by atoms with Crippen LogP contribution in [0, 0.1) is 0 Å². The molecule has 4 rings (SSSR count). The molecule has 2 aliphatic rings. The Morgan fingerprint density at radius 1 is 1.26 bits per heavy atom. The first-order chi connectivity index (χ1) is 16.5. The lowest BCUT2D eigenvalue weighted by Gasteiger charge is -2.22. The number of fused-ring (bicyclic) bond motifs is 1. The normalized spacial score (nSPS) is 17.8. The van der Waals surface area contributed by atoms with Crippen molar-refractivity contribution in [3.63, 3.8) is 0 Å². The van der Waals surface area contributed by atoms with Crippen molar-refractivity contribution in [1.29, 1.82) is 0 Å². The molecule has 0 aromatic carbocycles. The molecule has 9 nitrogen and oxygen atoms in total. The Bertz CT molecular complexity index is 1230. The highest BCUT2D eigenvalue weighted by molar-refractivity contribution is 7.93. The third kappa shape index (κ3) is 6.27. The molecule has 0 bridgehead atoms. The summed E-state index contributed by atoms with van der Waals surface area (Å²) >= 11 is 0. The van der Waals surface area contributed by atoms with Gasteiger partial charge in [-0.25, -0.2) is 18.4 Å². The van der Waals surface area contributed by atoms with E-state index in [1.54, 1.807) is 18.4 Å². The van der Waals surface area contributed by atoms with Gasteiger partial charge in [-0.15, -0.1) is 0 Å². The van der Waals surface area contributed by atoms with E-state index in [2.05, 4.69) is 24.7 Å². The Labute approximate surface area is 199 Å². The van der Waals surface area contributed by atoms with Gasteiger partial charge in [-0.2, -0.15) is 4.98 Å². The van der Waals surface area contributed by atoms with Crippen LogP contribution in [0.1, 0.15) is 44.7 Å². The van der Waals surface area contributed by atoms with Crippen LogP contribution in [0.2, 0.25) is 0 Å². The van der Waals surface area contributed by atoms with E-state index >= 15 is 0 Å². The monoisotopic (exact) mass is 483 g/mol. The van der Waals surface area contributed by atoms with E-state index in [1.807, 2.05) is 25.1 Å². The summed E-state index contributed by atoms with van der Waals surface area (Å²) in [5.74, 6) is 0.476. The van der Waals surface area contributed by atoms with E-state index < -0.39 is 10.0 Å². The van der Waals surface area contributed by atoms with E-state index in [9.17, 15) is 8.42 Å². The maximum absolute atomic E-state index is 12.5. The summed E-state index contributed by atoms with van der Waals surface area (Å²) in [6, 6.07) is 3.77. The first-order valence-corrected chi connectivity index (χ1v) is 13.0. The van der Waals surface area contributed by atoms with E-state index in [4.69, 9.17) is 9.47 Å². The second-order valence-electron chi connectivity index (χ2n) is 8.01. The van der Waals surface area contributed by atoms with Crippen molar-refractivity contribution in [2.24, 2.45) is 4.99 Å². The number of aliphatic imine (C=N–C) groups is 1. The molecule has 2 aromatic heterocycles. The van der Waals surface area contributed by atoms with Gasteiger partial charge in [0.15, 0.2) is 5.52 Å². The Hall–Kier alpha value is -3.11. The number of aromatic nitrogens is 3. The molecule has 1 fully saturated rings. The predicted octanol–water partition coefficient (Wildman–Crippen LogP) is 3.60. The van der Waals surface area contributed by atoms with Crippen LogP contribution in [0.25, 0.3) is 11.0 Å². The number of hydrogen-bond acceptors (Lipinski definition) is 8. The minimum atomic E-state index is -3.59. The molecule has 1 aliphatic heterocycles. The van der Waals surface area contributed by atoms with Crippen LogP contribution >= 0.6 is 0 Å². The second-order valence-corrected chi connectivity index (χ2v) is 9.70. The summed E-state index contributed by atoms with van der Waals surface area (Å²) in [4.78, 5) is 17.8. The van der Waals surface area contributed by atoms with Crippen molar-refractivity contribution in [3.8, 4) is 5.88 Å². The lowest BCUT2D eigenvalue weighted by Crippen LogP contribution is -2.26. The summed E-state index contributed by atoms with van der Waals surface area (Å²) in [7, 11) is -3.59. The largest absolute Gasteiger partial charge is 0.473 e. The van der Waals surface area contributed by atoms with Gasteiger partial charge < -0.3 is 9.47 Å². The second kappa shape index (κ2) is 11.3. The molecule has 1 saturated heterocycles. The summed E-state index contributed by atoms with van der Waals surface area (Å²) in [6.45, 7) is 3.24. The molecule has 34 heavy (non-hydrogen) atoms. The van der Waals surface area contributed by atoms with Crippen molar-refractivity contribution in [3.05, 3.63) is 59.2 Å². The Morgan fingerprint density at radius 3 is 2.88 bits per heavy atom. The quantitative estimate of drug-likeness (QED) is 0.542. The molecule has 1 aliphatic carbocycles. The summed E-state index contributed by atoms with van der Waals surface area (Å²) < 4.78 is 39.2. The summed E-state index contributed by atoms with van der Waals surface area (Å²) in [6.07, 6.45) is 14.2. The van der Waals surface area contributed by atoms with E-state index in [-0.39, 0.29) is 6.10 Å². The molecule has 0 saturated carbocycles. The smallest absolute Gasteiger partial charge is 0.261 e. The Morgan fingerprint density at radius 2 is 2.12 bits per heavy atom. The molecule has 2 aromatic rings. The molecule has 0 amide bonds. The third-order valence-electron chi connectivity index (χ3n) is 5.51. The highest BCUT2D eigenvalue weighted by Crippen LogP contribution is 2.23. The molecule has 0 spiro atoms. The van der Waals surface area contributed by atoms with Crippen LogP contribution in [0.3, 0.4) is 0 Å². The standard InChI is InChI=1S/C24H29N5O4S/c1-2-18(29-34(30,31)21-6-4-3-5-7-21)16-25-13-10-19-8-9-22-23(28-19)24(27-17-26-22)33-20-11-14-32-15-12-20/h4,6-9,13,16-17,20,29H,2-3,5,10-12,14-15H2,1H3/b18-16+,25-13?. The highest BCUT2D eigenvalue weighted by atomic mass is 32.2. The third-order valence-corrected chi connectivity index (χ3v) is 6.96. The predicted molar refractivity (Wildman–Crippen MR) is 131 cm³/mol. The zero-order chi connectivity index (χ0) is 23.8. The van der Waals surface area contributed by atoms with Crippen LogP contribution in [-0.2, 0) is 21.2 Å². The van der Waals surface area contributed by atoms with Gasteiger partial charge in [0.1, 0.15) is 12.4 Å². The van der Waals surface area contributed by atoms with Crippen LogP contribution in [-0.4, -0.2) is 48.9 Å². The van der Waals surface area contributed by atoms with Gasteiger partial charge in [0, 0.05) is 43.1 Å². The SMILES string of the molecule is CC/C(=C\N=CCc1ccc2ncnc(OC3CCOCC3)c2n1)NS(=O)(=O)C1=CCCC=C1. The van der Waals surface area contributed by atoms with Crippen molar-refractivity contribution >= 4 is 27.3 Å². The van der Waals surface area contributed by atoms with Crippen molar-refractivity contribution < 1.29 is 17.9 Å². The summed E-state index contributed by atoms with van der Waals surface area (Å²) in [5.41, 5.74) is 2.63. The minimum Gasteiger partial charge on any atom is -0.473 e. The Balaban J connectivity index is 1.43. The van der Waals surface area contributed by atoms with Gasteiger partial charge in [0.25, 0.3) is 10.0 Å². The summed E-state index contributed by atoms with van der Waals surface area (Å²) in [5, 5.41) is 0. The number of allylic oxidation sites excluding steroid dienone is 4. The molecule has 0 atom stereocenters. The number of nitrogens with zero attached hydrogens (tertiary/aromatic N) is 4. The number of sulfonamides is 1. The molecule has 3 heterocycles. The van der Waals surface area contributed by atoms with E-state index in [0.29, 0.717) is 53.6 Å². The van der Waals surface area contributed by atoms with E-state index in [0.717, 1.165) is 31.4 Å². The van der Waals surface area contributed by atoms with Crippen LogP contribution in [0.5, 0.6) is 5.88 Å². The minimum absolute atomic E-state index is 0.0557. The first kappa shape index (κ1) is 24.0. The van der Waals surface area contributed by atoms with E-state index in [1.165, 1.54) is 12.5 Å². The topological polar surface area (TPSA) is 116 Å².